The van der Waals surface area contributed by atoms with Gasteiger partial charge in [0.05, 0.1) is 11.7 Å². The molecule has 2 rings (SSSR count). The summed E-state index contributed by atoms with van der Waals surface area (Å²) in [6.07, 6.45) is -2.94. The molecule has 2 aromatic rings. The molecule has 0 spiro atoms. The molecule has 1 atom stereocenters. The van der Waals surface area contributed by atoms with Crippen molar-refractivity contribution in [2.75, 3.05) is 0 Å². The van der Waals surface area contributed by atoms with Crippen LogP contribution in [0.25, 0.3) is 0 Å². The minimum Gasteiger partial charge on any atom is -0.406 e. The second kappa shape index (κ2) is 4.93. The molecule has 1 unspecified atom stereocenters. The summed E-state index contributed by atoms with van der Waals surface area (Å²) in [5.41, 5.74) is 7.27. The summed E-state index contributed by atoms with van der Waals surface area (Å²) >= 11 is 0. The van der Waals surface area contributed by atoms with Crippen LogP contribution in [0.5, 0.6) is 5.75 Å². The van der Waals surface area contributed by atoms with Crippen LogP contribution in [0.2, 0.25) is 0 Å². The van der Waals surface area contributed by atoms with E-state index in [-0.39, 0.29) is 5.75 Å². The van der Waals surface area contributed by atoms with Crippen molar-refractivity contribution in [1.82, 2.24) is 9.78 Å². The summed E-state index contributed by atoms with van der Waals surface area (Å²) in [6.45, 7) is 0. The molecule has 0 radical (unpaired) electrons. The van der Waals surface area contributed by atoms with Gasteiger partial charge in [-0.3, -0.25) is 4.68 Å². The van der Waals surface area contributed by atoms with Crippen LogP contribution in [0.3, 0.4) is 0 Å². The van der Waals surface area contributed by atoms with Crippen LogP contribution >= 0.6 is 0 Å². The second-order valence-electron chi connectivity index (χ2n) is 4.01. The van der Waals surface area contributed by atoms with E-state index < -0.39 is 12.4 Å². The zero-order valence-electron chi connectivity index (χ0n) is 10.1. The van der Waals surface area contributed by atoms with E-state index >= 15 is 0 Å². The number of benzene rings is 1. The maximum atomic E-state index is 12.0. The van der Waals surface area contributed by atoms with Crippen molar-refractivity contribution in [3.8, 4) is 5.75 Å². The molecule has 7 heteroatoms. The number of aromatic nitrogens is 2. The summed E-state index contributed by atoms with van der Waals surface area (Å²) in [4.78, 5) is 0. The van der Waals surface area contributed by atoms with Gasteiger partial charge in [-0.05, 0) is 23.8 Å². The molecule has 0 aliphatic carbocycles. The molecule has 19 heavy (non-hydrogen) atoms. The molecule has 1 aromatic carbocycles. The van der Waals surface area contributed by atoms with E-state index in [0.29, 0.717) is 11.3 Å². The lowest BCUT2D eigenvalue weighted by molar-refractivity contribution is -0.274. The lowest BCUT2D eigenvalue weighted by Gasteiger charge is -2.12. The first-order valence-corrected chi connectivity index (χ1v) is 5.46. The molecular formula is C12H12F3N3O. The van der Waals surface area contributed by atoms with Gasteiger partial charge in [0.15, 0.2) is 0 Å². The van der Waals surface area contributed by atoms with Gasteiger partial charge < -0.3 is 10.5 Å². The highest BCUT2D eigenvalue weighted by atomic mass is 19.4. The van der Waals surface area contributed by atoms with Gasteiger partial charge in [-0.25, -0.2) is 0 Å². The van der Waals surface area contributed by atoms with Crippen LogP contribution in [0.1, 0.15) is 17.3 Å². The fourth-order valence-electron chi connectivity index (χ4n) is 1.65. The zero-order chi connectivity index (χ0) is 14.0. The average molecular weight is 271 g/mol. The number of halogens is 3. The highest BCUT2D eigenvalue weighted by Crippen LogP contribution is 2.25. The van der Waals surface area contributed by atoms with E-state index in [9.17, 15) is 13.2 Å². The molecule has 102 valence electrons. The lowest BCUT2D eigenvalue weighted by Crippen LogP contribution is -2.17. The molecule has 0 saturated carbocycles. The van der Waals surface area contributed by atoms with Crippen molar-refractivity contribution < 1.29 is 17.9 Å². The summed E-state index contributed by atoms with van der Waals surface area (Å²) < 4.78 is 41.4. The number of hydrogen-bond donors (Lipinski definition) is 1. The van der Waals surface area contributed by atoms with Crippen molar-refractivity contribution in [2.24, 2.45) is 12.8 Å². The van der Waals surface area contributed by atoms with Crippen molar-refractivity contribution in [2.45, 2.75) is 12.4 Å². The third kappa shape index (κ3) is 3.47. The minimum atomic E-state index is -4.69. The first kappa shape index (κ1) is 13.4. The molecule has 0 aliphatic rings. The first-order valence-electron chi connectivity index (χ1n) is 5.46. The van der Waals surface area contributed by atoms with E-state index in [4.69, 9.17) is 5.73 Å². The number of ether oxygens (including phenoxy) is 1. The highest BCUT2D eigenvalue weighted by molar-refractivity contribution is 5.32. The van der Waals surface area contributed by atoms with E-state index in [1.54, 1.807) is 24.0 Å². The van der Waals surface area contributed by atoms with Crippen molar-refractivity contribution >= 4 is 0 Å². The number of alkyl halides is 3. The van der Waals surface area contributed by atoms with E-state index in [2.05, 4.69) is 9.84 Å². The molecule has 0 saturated heterocycles. The Labute approximate surface area is 107 Å². The van der Waals surface area contributed by atoms with Crippen LogP contribution in [0, 0.1) is 0 Å². The molecular weight excluding hydrogens is 259 g/mol. The largest absolute Gasteiger partial charge is 0.573 e. The topological polar surface area (TPSA) is 53.1 Å². The molecule has 4 nitrogen and oxygen atoms in total. The Morgan fingerprint density at radius 3 is 2.32 bits per heavy atom. The lowest BCUT2D eigenvalue weighted by atomic mass is 10.1. The zero-order valence-corrected chi connectivity index (χ0v) is 10.1. The monoisotopic (exact) mass is 271 g/mol. The smallest absolute Gasteiger partial charge is 0.406 e. The fraction of sp³-hybridized carbons (Fsp3) is 0.250. The van der Waals surface area contributed by atoms with Crippen molar-refractivity contribution in [1.29, 1.82) is 0 Å². The summed E-state index contributed by atoms with van der Waals surface area (Å²) in [5, 5.41) is 4.15. The maximum Gasteiger partial charge on any atom is 0.573 e. The molecule has 1 aromatic heterocycles. The molecule has 0 aliphatic heterocycles. The number of rotatable bonds is 3. The van der Waals surface area contributed by atoms with Gasteiger partial charge >= 0.3 is 6.36 Å². The van der Waals surface area contributed by atoms with Gasteiger partial charge in [0.25, 0.3) is 0 Å². The number of nitrogens with zero attached hydrogens (tertiary/aromatic N) is 2. The summed E-state index contributed by atoms with van der Waals surface area (Å²) in [7, 11) is 1.76. The van der Waals surface area contributed by atoms with Crippen molar-refractivity contribution in [3.05, 3.63) is 47.8 Å². The van der Waals surface area contributed by atoms with E-state index in [0.717, 1.165) is 0 Å². The molecule has 1 heterocycles. The Morgan fingerprint density at radius 1 is 1.21 bits per heavy atom. The Kier molecular flexibility index (Phi) is 3.48. The van der Waals surface area contributed by atoms with Crippen LogP contribution in [0.4, 0.5) is 13.2 Å². The Balaban J connectivity index is 2.14. The molecule has 0 fully saturated rings. The number of aryl methyl sites for hydroxylation is 1. The summed E-state index contributed by atoms with van der Waals surface area (Å²) in [6, 6.07) is 6.70. The molecule has 2 N–H and O–H groups in total. The quantitative estimate of drug-likeness (QED) is 0.932. The Morgan fingerprint density at radius 2 is 1.84 bits per heavy atom. The van der Waals surface area contributed by atoms with Gasteiger partial charge in [0.1, 0.15) is 5.75 Å². The predicted octanol–water partition coefficient (Wildman–Crippen LogP) is 2.37. The maximum absolute atomic E-state index is 12.0. The molecule has 0 bridgehead atoms. The van der Waals surface area contributed by atoms with Crippen LogP contribution in [-0.4, -0.2) is 16.1 Å². The average Bonchev–Trinajstić information content (AvgIpc) is 2.74. The van der Waals surface area contributed by atoms with Gasteiger partial charge in [0, 0.05) is 13.2 Å². The Bertz CT molecular complexity index is 548. The SMILES string of the molecule is Cn1ccc(C(N)c2ccc(OC(F)(F)F)cc2)n1. The third-order valence-electron chi connectivity index (χ3n) is 2.53. The van der Waals surface area contributed by atoms with Crippen LogP contribution < -0.4 is 10.5 Å². The van der Waals surface area contributed by atoms with E-state index in [1.807, 2.05) is 0 Å². The highest BCUT2D eigenvalue weighted by Gasteiger charge is 2.31. The van der Waals surface area contributed by atoms with Crippen LogP contribution in [-0.2, 0) is 7.05 Å². The Hall–Kier alpha value is -2.02. The first-order chi connectivity index (χ1) is 8.85. The van der Waals surface area contributed by atoms with Gasteiger partial charge in [-0.15, -0.1) is 13.2 Å². The molecule has 0 amide bonds. The summed E-state index contributed by atoms with van der Waals surface area (Å²) in [5.74, 6) is -0.274. The number of nitrogens with two attached hydrogens (primary N) is 1. The van der Waals surface area contributed by atoms with Gasteiger partial charge in [-0.2, -0.15) is 5.10 Å². The third-order valence-corrected chi connectivity index (χ3v) is 2.53. The van der Waals surface area contributed by atoms with Gasteiger partial charge in [-0.1, -0.05) is 12.1 Å². The van der Waals surface area contributed by atoms with Crippen LogP contribution in [0.15, 0.2) is 36.5 Å². The van der Waals surface area contributed by atoms with Gasteiger partial charge in [0.2, 0.25) is 0 Å². The fourth-order valence-corrected chi connectivity index (χ4v) is 1.65. The van der Waals surface area contributed by atoms with Crippen molar-refractivity contribution in [3.63, 3.8) is 0 Å². The second-order valence-corrected chi connectivity index (χ2v) is 4.01. The van der Waals surface area contributed by atoms with E-state index in [1.165, 1.54) is 24.3 Å². The number of hydrogen-bond acceptors (Lipinski definition) is 3. The normalized spacial score (nSPS) is 13.3. The standard InChI is InChI=1S/C12H12F3N3O/c1-18-7-6-10(17-18)11(16)8-2-4-9(5-3-8)19-12(13,14)15/h2-7,11H,16H2,1H3. The predicted molar refractivity (Wildman–Crippen MR) is 62.4 cm³/mol. The minimum absolute atomic E-state index is 0.274.